The highest BCUT2D eigenvalue weighted by Crippen LogP contribution is 2.48. The number of anilines is 18. The van der Waals surface area contributed by atoms with Crippen LogP contribution in [0.5, 0.6) is 11.5 Å². The number of hydrogen-bond donors (Lipinski definition) is 0. The maximum absolute atomic E-state index is 7.32. The molecule has 0 atom stereocenters. The van der Waals surface area contributed by atoms with Gasteiger partial charge >= 0.3 is 0 Å². The van der Waals surface area contributed by atoms with Gasteiger partial charge in [-0.2, -0.15) is 0 Å². The highest BCUT2D eigenvalue weighted by atomic mass is 16.5. The average Bonchev–Trinajstić information content (AvgIpc) is 2.48. The van der Waals surface area contributed by atoms with Gasteiger partial charge in [0.05, 0.1) is 11.4 Å². The molecule has 0 aliphatic rings. The van der Waals surface area contributed by atoms with Crippen molar-refractivity contribution in [2.75, 3.05) is 29.4 Å². The Morgan fingerprint density at radius 3 is 0.516 bits per heavy atom. The summed E-state index contributed by atoms with van der Waals surface area (Å²) >= 11 is 0. The van der Waals surface area contributed by atoms with Gasteiger partial charge in [-0.3, -0.25) is 0 Å². The van der Waals surface area contributed by atoms with Gasteiger partial charge in [-0.15, -0.1) is 0 Å². The molecule has 0 heterocycles. The molecule has 0 aliphatic heterocycles. The molecule has 0 fully saturated rings. The first-order valence-corrected chi connectivity index (χ1v) is 30.6. The van der Waals surface area contributed by atoms with E-state index in [0.717, 1.165) is 102 Å². The molecular weight excluding hydrogens is 1110 g/mol. The molecular formula is C84H64N6O. The molecule has 436 valence electrons. The van der Waals surface area contributed by atoms with E-state index in [0.29, 0.717) is 11.5 Å². The van der Waals surface area contributed by atoms with Crippen molar-refractivity contribution in [2.24, 2.45) is 0 Å². The van der Waals surface area contributed by atoms with E-state index < -0.39 is 0 Å². The highest BCUT2D eigenvalue weighted by Gasteiger charge is 2.24. The number of ether oxygens (including phenoxy) is 1. The molecule has 14 aromatic carbocycles. The third-order valence-electron chi connectivity index (χ3n) is 15.9. The molecule has 0 bridgehead atoms. The third-order valence-corrected chi connectivity index (χ3v) is 15.9. The van der Waals surface area contributed by atoms with E-state index >= 15 is 0 Å². The predicted octanol–water partition coefficient (Wildman–Crippen LogP) is 24.3. The van der Waals surface area contributed by atoms with Crippen LogP contribution in [0.15, 0.2) is 388 Å². The molecule has 14 aromatic rings. The normalized spacial score (nSPS) is 10.9. The lowest BCUT2D eigenvalue weighted by Gasteiger charge is -2.32. The number of benzene rings is 14. The molecule has 0 saturated heterocycles. The van der Waals surface area contributed by atoms with E-state index in [4.69, 9.17) is 4.74 Å². The van der Waals surface area contributed by atoms with Crippen LogP contribution in [0.3, 0.4) is 0 Å². The Morgan fingerprint density at radius 2 is 0.275 bits per heavy atom. The van der Waals surface area contributed by atoms with Crippen molar-refractivity contribution in [1.29, 1.82) is 0 Å². The predicted molar refractivity (Wildman–Crippen MR) is 381 cm³/mol. The maximum atomic E-state index is 7.32. The minimum atomic E-state index is 0.650. The molecule has 0 spiro atoms. The minimum absolute atomic E-state index is 0.650. The number of nitrogens with zero attached hydrogens (tertiary/aromatic N) is 6. The molecule has 0 N–H and O–H groups in total. The summed E-state index contributed by atoms with van der Waals surface area (Å²) in [6.45, 7) is 0. The first kappa shape index (κ1) is 56.5. The highest BCUT2D eigenvalue weighted by molar-refractivity contribution is 5.89. The van der Waals surface area contributed by atoms with Crippen LogP contribution in [-0.2, 0) is 0 Å². The van der Waals surface area contributed by atoms with Gasteiger partial charge in [-0.1, -0.05) is 188 Å². The molecule has 0 saturated carbocycles. The fraction of sp³-hybridized carbons (Fsp3) is 0. The van der Waals surface area contributed by atoms with Crippen molar-refractivity contribution in [2.45, 2.75) is 0 Å². The van der Waals surface area contributed by atoms with E-state index in [2.05, 4.69) is 412 Å². The molecule has 91 heavy (non-hydrogen) atoms. The SMILES string of the molecule is c1ccc(N(c2ccccc2)c2cccc(N(c3ccccc3)c3cccc(Oc4cc(N(c5ccccc5)c5ccccc5)cc(N(c5ccccc5)c5cccc(N(c6ccccc6)c6cccc(N(c7ccccc7)c7ccccc7)c6)c5)c4)c3)c2)cc1. The van der Waals surface area contributed by atoms with Gasteiger partial charge in [-0.05, 0) is 182 Å². The largest absolute Gasteiger partial charge is 0.457 e. The lowest BCUT2D eigenvalue weighted by molar-refractivity contribution is 0.483. The molecule has 0 radical (unpaired) electrons. The van der Waals surface area contributed by atoms with Gasteiger partial charge in [0.1, 0.15) is 11.5 Å². The Kier molecular flexibility index (Phi) is 16.6. The lowest BCUT2D eigenvalue weighted by atomic mass is 10.1. The van der Waals surface area contributed by atoms with Crippen LogP contribution in [0, 0.1) is 0 Å². The monoisotopic (exact) mass is 1170 g/mol. The van der Waals surface area contributed by atoms with Crippen molar-refractivity contribution < 1.29 is 4.74 Å². The second-order valence-corrected chi connectivity index (χ2v) is 21.9. The number of para-hydroxylation sites is 9. The number of hydrogen-bond acceptors (Lipinski definition) is 7. The second kappa shape index (κ2) is 26.7. The fourth-order valence-electron chi connectivity index (χ4n) is 11.9. The van der Waals surface area contributed by atoms with Crippen LogP contribution in [-0.4, -0.2) is 0 Å². The summed E-state index contributed by atoms with van der Waals surface area (Å²) in [5, 5.41) is 0. The molecule has 7 nitrogen and oxygen atoms in total. The standard InChI is InChI=1S/C84H64N6O/c1-10-32-65(33-11-1)85(66-34-12-2-13-35-66)74-50-28-52-76(58-74)88(71-44-22-7-23-45-71)77-53-30-55-79(60-77)90(73-48-26-9-27-49-73)82-61-81(87(69-40-18-5-19-41-69)70-42-20-6-21-43-70)63-84(64-82)91-83-57-31-56-80(62-83)89(72-46-24-8-25-47-72)78-54-29-51-75(59-78)86(67-36-14-3-15-37-67)68-38-16-4-17-39-68/h1-64H. The average molecular weight is 1170 g/mol. The van der Waals surface area contributed by atoms with Gasteiger partial charge in [0.15, 0.2) is 0 Å². The quantitative estimate of drug-likeness (QED) is 0.0751. The van der Waals surface area contributed by atoms with E-state index in [1.807, 2.05) is 6.07 Å². The molecule has 14 rings (SSSR count). The third kappa shape index (κ3) is 12.6. The fourth-order valence-corrected chi connectivity index (χ4v) is 11.9. The van der Waals surface area contributed by atoms with Crippen LogP contribution in [0.25, 0.3) is 0 Å². The molecule has 0 aliphatic carbocycles. The summed E-state index contributed by atoms with van der Waals surface area (Å²) in [6.07, 6.45) is 0. The molecule has 0 aromatic heterocycles. The minimum Gasteiger partial charge on any atom is -0.457 e. The topological polar surface area (TPSA) is 28.7 Å². The maximum Gasteiger partial charge on any atom is 0.131 e. The first-order chi connectivity index (χ1) is 45.1. The van der Waals surface area contributed by atoms with E-state index in [-0.39, 0.29) is 0 Å². The van der Waals surface area contributed by atoms with Crippen molar-refractivity contribution in [3.05, 3.63) is 388 Å². The van der Waals surface area contributed by atoms with Gasteiger partial charge < -0.3 is 34.1 Å². The summed E-state index contributed by atoms with van der Waals surface area (Å²) in [4.78, 5) is 13.9. The van der Waals surface area contributed by atoms with Crippen molar-refractivity contribution >= 4 is 102 Å². The van der Waals surface area contributed by atoms with Gasteiger partial charge in [0, 0.05) is 109 Å². The zero-order valence-electron chi connectivity index (χ0n) is 50.0. The van der Waals surface area contributed by atoms with Gasteiger partial charge in [0.25, 0.3) is 0 Å². The van der Waals surface area contributed by atoms with Crippen LogP contribution in [0.2, 0.25) is 0 Å². The first-order valence-electron chi connectivity index (χ1n) is 30.6. The lowest BCUT2D eigenvalue weighted by Crippen LogP contribution is -2.15. The molecule has 0 unspecified atom stereocenters. The van der Waals surface area contributed by atoms with Crippen molar-refractivity contribution in [3.63, 3.8) is 0 Å². The Labute approximate surface area is 533 Å². The summed E-state index contributed by atoms with van der Waals surface area (Å²) in [7, 11) is 0. The summed E-state index contributed by atoms with van der Waals surface area (Å²) < 4.78 is 7.32. The Bertz CT molecular complexity index is 4510. The zero-order chi connectivity index (χ0) is 61.0. The molecule has 0 amide bonds. The summed E-state index contributed by atoms with van der Waals surface area (Å²) in [5.41, 5.74) is 18.0. The smallest absolute Gasteiger partial charge is 0.131 e. The van der Waals surface area contributed by atoms with E-state index in [9.17, 15) is 0 Å². The Balaban J connectivity index is 0.899. The van der Waals surface area contributed by atoms with Gasteiger partial charge in [-0.25, -0.2) is 0 Å². The van der Waals surface area contributed by atoms with Gasteiger partial charge in [0.2, 0.25) is 0 Å². The summed E-state index contributed by atoms with van der Waals surface area (Å²) in [5.74, 6) is 1.32. The molecule has 7 heteroatoms. The van der Waals surface area contributed by atoms with E-state index in [1.54, 1.807) is 0 Å². The summed E-state index contributed by atoms with van der Waals surface area (Å²) in [6, 6.07) is 136. The zero-order valence-corrected chi connectivity index (χ0v) is 50.0. The van der Waals surface area contributed by atoms with E-state index in [1.165, 1.54) is 0 Å². The van der Waals surface area contributed by atoms with Crippen LogP contribution < -0.4 is 34.1 Å². The Morgan fingerprint density at radius 1 is 0.121 bits per heavy atom. The number of rotatable bonds is 20. The van der Waals surface area contributed by atoms with Crippen LogP contribution >= 0.6 is 0 Å². The Hall–Kier alpha value is -12.3. The second-order valence-electron chi connectivity index (χ2n) is 21.9. The van der Waals surface area contributed by atoms with Crippen LogP contribution in [0.1, 0.15) is 0 Å². The van der Waals surface area contributed by atoms with Crippen molar-refractivity contribution in [3.8, 4) is 11.5 Å². The van der Waals surface area contributed by atoms with Crippen molar-refractivity contribution in [1.82, 2.24) is 0 Å². The van der Waals surface area contributed by atoms with Crippen LogP contribution in [0.4, 0.5) is 102 Å².